The molecule has 4 N–H and O–H groups in total. The Labute approximate surface area is 194 Å². The monoisotopic (exact) mass is 447 g/mol. The summed E-state index contributed by atoms with van der Waals surface area (Å²) in [5.74, 6) is 1.25. The normalized spacial score (nSPS) is 13.2. The van der Waals surface area contributed by atoms with Crippen LogP contribution in [0.25, 0.3) is 0 Å². The molecular weight excluding hydrogens is 414 g/mol. The van der Waals surface area contributed by atoms with Crippen LogP contribution >= 0.6 is 10.7 Å². The molecule has 5 nitrogen and oxygen atoms in total. The highest BCUT2D eigenvalue weighted by atomic mass is 32.2. The first kappa shape index (κ1) is 23.5. The Morgan fingerprint density at radius 3 is 2.41 bits per heavy atom. The van der Waals surface area contributed by atoms with Crippen molar-refractivity contribution in [1.29, 1.82) is 0 Å². The summed E-state index contributed by atoms with van der Waals surface area (Å²) in [4.78, 5) is 8.17. The molecule has 32 heavy (non-hydrogen) atoms. The molecule has 1 atom stereocenters. The van der Waals surface area contributed by atoms with E-state index >= 15 is 0 Å². The van der Waals surface area contributed by atoms with Gasteiger partial charge in [0.1, 0.15) is 11.7 Å². The second-order valence-corrected chi connectivity index (χ2v) is 10.5. The SMILES string of the molecule is C/C=S(/N=C(N)c1ccc(C(C)(C)C)nc1N(C)c1ccccc1C)c1cccc(N)c1. The van der Waals surface area contributed by atoms with Crippen molar-refractivity contribution >= 4 is 39.1 Å². The lowest BCUT2D eigenvalue weighted by Crippen LogP contribution is -2.24. The molecular formula is C26H33N5S. The van der Waals surface area contributed by atoms with Gasteiger partial charge in [0.25, 0.3) is 0 Å². The number of rotatable bonds is 5. The van der Waals surface area contributed by atoms with Gasteiger partial charge < -0.3 is 16.4 Å². The van der Waals surface area contributed by atoms with Crippen molar-refractivity contribution in [2.24, 2.45) is 10.1 Å². The smallest absolute Gasteiger partial charge is 0.144 e. The van der Waals surface area contributed by atoms with Gasteiger partial charge in [-0.3, -0.25) is 0 Å². The number of benzene rings is 2. The van der Waals surface area contributed by atoms with Crippen LogP contribution in [0.2, 0.25) is 0 Å². The van der Waals surface area contributed by atoms with Crippen molar-refractivity contribution in [2.45, 2.75) is 44.9 Å². The lowest BCUT2D eigenvalue weighted by Gasteiger charge is -2.26. The van der Waals surface area contributed by atoms with Crippen molar-refractivity contribution in [1.82, 2.24) is 4.98 Å². The maximum atomic E-state index is 6.60. The number of amidine groups is 1. The Morgan fingerprint density at radius 1 is 1.06 bits per heavy atom. The van der Waals surface area contributed by atoms with E-state index in [1.165, 1.54) is 5.56 Å². The topological polar surface area (TPSA) is 80.5 Å². The molecule has 3 rings (SSSR count). The van der Waals surface area contributed by atoms with Crippen molar-refractivity contribution in [2.75, 3.05) is 17.7 Å². The first-order chi connectivity index (χ1) is 15.1. The van der Waals surface area contributed by atoms with Crippen LogP contribution in [0.1, 0.15) is 44.5 Å². The van der Waals surface area contributed by atoms with E-state index in [1.54, 1.807) is 0 Å². The minimum absolute atomic E-state index is 0.0885. The number of anilines is 3. The molecule has 0 amide bonds. The third-order valence-electron chi connectivity index (χ3n) is 5.23. The van der Waals surface area contributed by atoms with Gasteiger partial charge >= 0.3 is 0 Å². The minimum atomic E-state index is -0.517. The molecule has 1 heterocycles. The zero-order chi connectivity index (χ0) is 23.5. The molecule has 1 aromatic heterocycles. The van der Waals surface area contributed by atoms with E-state index in [4.69, 9.17) is 20.8 Å². The van der Waals surface area contributed by atoms with Crippen molar-refractivity contribution in [3.05, 3.63) is 77.5 Å². The number of hydrogen-bond donors (Lipinski definition) is 2. The maximum Gasteiger partial charge on any atom is 0.144 e. The van der Waals surface area contributed by atoms with Crippen LogP contribution in [-0.4, -0.2) is 23.2 Å². The minimum Gasteiger partial charge on any atom is -0.399 e. The van der Waals surface area contributed by atoms with E-state index in [1.807, 2.05) is 67.9 Å². The third-order valence-corrected chi connectivity index (χ3v) is 6.81. The predicted octanol–water partition coefficient (Wildman–Crippen LogP) is 5.81. The summed E-state index contributed by atoms with van der Waals surface area (Å²) in [6.07, 6.45) is 0. The van der Waals surface area contributed by atoms with Crippen molar-refractivity contribution in [3.63, 3.8) is 0 Å². The van der Waals surface area contributed by atoms with E-state index in [0.29, 0.717) is 11.5 Å². The number of hydrogen-bond acceptors (Lipinski definition) is 4. The van der Waals surface area contributed by atoms with E-state index in [2.05, 4.69) is 44.7 Å². The van der Waals surface area contributed by atoms with Crippen LogP contribution in [0.5, 0.6) is 0 Å². The summed E-state index contributed by atoms with van der Waals surface area (Å²) in [6, 6.07) is 20.1. The van der Waals surface area contributed by atoms with Crippen LogP contribution in [-0.2, 0) is 5.41 Å². The van der Waals surface area contributed by atoms with E-state index in [-0.39, 0.29) is 5.41 Å². The quantitative estimate of drug-likeness (QED) is 0.224. The number of nitrogens with zero attached hydrogens (tertiary/aromatic N) is 3. The molecule has 0 spiro atoms. The summed E-state index contributed by atoms with van der Waals surface area (Å²) in [5.41, 5.74) is 17.3. The van der Waals surface area contributed by atoms with Gasteiger partial charge in [0, 0.05) is 34.4 Å². The Bertz CT molecular complexity index is 1170. The molecule has 2 aromatic carbocycles. The number of nitrogen functional groups attached to an aromatic ring is 1. The summed E-state index contributed by atoms with van der Waals surface area (Å²) in [6.45, 7) is 10.6. The van der Waals surface area contributed by atoms with Gasteiger partial charge in [0.2, 0.25) is 0 Å². The standard InChI is InChI=1S/C26H33N5S/c1-7-32(20-13-10-12-19(27)17-20)30-24(28)21-15-16-23(26(3,4)5)29-25(21)31(6)22-14-9-8-11-18(22)2/h7-17H,27H2,1-6H3,(H2,28,30). The third kappa shape index (κ3) is 5.19. The van der Waals surface area contributed by atoms with Gasteiger partial charge in [-0.1, -0.05) is 45.0 Å². The Kier molecular flexibility index (Phi) is 7.04. The molecule has 0 aliphatic rings. The molecule has 0 radical (unpaired) electrons. The van der Waals surface area contributed by atoms with Gasteiger partial charge in [-0.05, 0) is 71.8 Å². The molecule has 0 aliphatic carbocycles. The summed E-state index contributed by atoms with van der Waals surface area (Å²) in [5, 5.41) is 2.04. The molecule has 0 bridgehead atoms. The van der Waals surface area contributed by atoms with Gasteiger partial charge in [-0.25, -0.2) is 9.38 Å². The average Bonchev–Trinajstić information content (AvgIpc) is 2.76. The Hall–Kier alpha value is -3.12. The zero-order valence-electron chi connectivity index (χ0n) is 19.8. The molecule has 1 unspecified atom stereocenters. The highest BCUT2D eigenvalue weighted by Gasteiger charge is 2.21. The number of para-hydroxylation sites is 1. The van der Waals surface area contributed by atoms with Crippen LogP contribution < -0.4 is 16.4 Å². The molecule has 3 aromatic rings. The average molecular weight is 448 g/mol. The van der Waals surface area contributed by atoms with E-state index < -0.39 is 10.7 Å². The lowest BCUT2D eigenvalue weighted by atomic mass is 9.91. The number of aryl methyl sites for hydroxylation is 1. The number of nitrogens with two attached hydrogens (primary N) is 2. The first-order valence-corrected chi connectivity index (χ1v) is 11.9. The fraction of sp³-hybridized carbons (Fsp3) is 0.269. The van der Waals surface area contributed by atoms with Gasteiger partial charge in [-0.15, -0.1) is 0 Å². The maximum absolute atomic E-state index is 6.60. The van der Waals surface area contributed by atoms with Gasteiger partial charge in [-0.2, -0.15) is 0 Å². The highest BCUT2D eigenvalue weighted by molar-refractivity contribution is 8.14. The van der Waals surface area contributed by atoms with Crippen LogP contribution in [0.3, 0.4) is 0 Å². The van der Waals surface area contributed by atoms with Crippen LogP contribution in [0, 0.1) is 6.92 Å². The number of pyridine rings is 1. The second-order valence-electron chi connectivity index (χ2n) is 8.76. The molecule has 168 valence electrons. The second kappa shape index (κ2) is 9.57. The molecule has 0 fully saturated rings. The fourth-order valence-corrected chi connectivity index (χ4v) is 4.68. The number of aromatic nitrogens is 1. The Balaban J connectivity index is 2.14. The highest BCUT2D eigenvalue weighted by Crippen LogP contribution is 2.33. The van der Waals surface area contributed by atoms with E-state index in [0.717, 1.165) is 27.7 Å². The summed E-state index contributed by atoms with van der Waals surface area (Å²) < 4.78 is 4.87. The molecule has 0 aliphatic heterocycles. The predicted molar refractivity (Wildman–Crippen MR) is 141 cm³/mol. The van der Waals surface area contributed by atoms with Gasteiger partial charge in [0.15, 0.2) is 0 Å². The summed E-state index contributed by atoms with van der Waals surface area (Å²) in [7, 11) is 1.51. The van der Waals surface area contributed by atoms with Crippen LogP contribution in [0.4, 0.5) is 17.2 Å². The van der Waals surface area contributed by atoms with Gasteiger partial charge in [0.05, 0.1) is 5.56 Å². The van der Waals surface area contributed by atoms with Crippen LogP contribution in [0.15, 0.2) is 70.0 Å². The Morgan fingerprint density at radius 2 is 1.78 bits per heavy atom. The zero-order valence-corrected chi connectivity index (χ0v) is 20.6. The lowest BCUT2D eigenvalue weighted by molar-refractivity contribution is 0.569. The fourth-order valence-electron chi connectivity index (χ4n) is 3.42. The first-order valence-electron chi connectivity index (χ1n) is 10.7. The van der Waals surface area contributed by atoms with E-state index in [9.17, 15) is 0 Å². The molecule has 0 saturated heterocycles. The summed E-state index contributed by atoms with van der Waals surface area (Å²) >= 11 is 0. The van der Waals surface area contributed by atoms with Crippen molar-refractivity contribution in [3.8, 4) is 0 Å². The largest absolute Gasteiger partial charge is 0.399 e. The van der Waals surface area contributed by atoms with Crippen molar-refractivity contribution < 1.29 is 0 Å². The molecule has 0 saturated carbocycles. The molecule has 6 heteroatoms.